The molecule has 1 aliphatic heterocycles. The van der Waals surface area contributed by atoms with Crippen LogP contribution in [-0.4, -0.2) is 43.9 Å². The lowest BCUT2D eigenvalue weighted by Crippen LogP contribution is -2.44. The Morgan fingerprint density at radius 3 is 3.00 bits per heavy atom. The standard InChI is InChI=1S/C15H23FN2O2/c1-3-18-6-7-19-13(9-18)10-20-12-4-5-14(11(2)17)15(16)8-12/h4-5,8,11,13H,3,6-7,9-10,17H2,1-2H3/t11-,13?/m1/s1. The number of morpholine rings is 1. The molecular formula is C15H23FN2O2. The molecule has 1 fully saturated rings. The lowest BCUT2D eigenvalue weighted by atomic mass is 10.1. The van der Waals surface area contributed by atoms with Gasteiger partial charge in [0.15, 0.2) is 0 Å². The van der Waals surface area contributed by atoms with Gasteiger partial charge in [-0.3, -0.25) is 4.90 Å². The van der Waals surface area contributed by atoms with Crippen LogP contribution in [0.1, 0.15) is 25.5 Å². The number of ether oxygens (including phenoxy) is 2. The van der Waals surface area contributed by atoms with Crippen LogP contribution in [0.4, 0.5) is 4.39 Å². The summed E-state index contributed by atoms with van der Waals surface area (Å²) >= 11 is 0. The minimum absolute atomic E-state index is 0.0415. The quantitative estimate of drug-likeness (QED) is 0.896. The van der Waals surface area contributed by atoms with Crippen molar-refractivity contribution in [1.29, 1.82) is 0 Å². The fourth-order valence-corrected chi connectivity index (χ4v) is 2.32. The fourth-order valence-electron chi connectivity index (χ4n) is 2.32. The second-order valence-corrected chi connectivity index (χ2v) is 5.17. The Kier molecular flexibility index (Phi) is 5.34. The van der Waals surface area contributed by atoms with Crippen LogP contribution in [0.2, 0.25) is 0 Å². The highest BCUT2D eigenvalue weighted by molar-refractivity contribution is 5.30. The van der Waals surface area contributed by atoms with Crippen LogP contribution >= 0.6 is 0 Å². The molecule has 1 unspecified atom stereocenters. The monoisotopic (exact) mass is 282 g/mol. The SMILES string of the molecule is CCN1CCOC(COc2ccc([C@@H](C)N)c(F)c2)C1. The summed E-state index contributed by atoms with van der Waals surface area (Å²) in [5.74, 6) is 0.196. The van der Waals surface area contributed by atoms with Gasteiger partial charge in [-0.15, -0.1) is 0 Å². The molecule has 0 bridgehead atoms. The third kappa shape index (κ3) is 3.91. The number of benzene rings is 1. The molecule has 1 aromatic rings. The number of hydrogen-bond acceptors (Lipinski definition) is 4. The van der Waals surface area contributed by atoms with E-state index >= 15 is 0 Å². The van der Waals surface area contributed by atoms with Crippen molar-refractivity contribution < 1.29 is 13.9 Å². The van der Waals surface area contributed by atoms with Crippen molar-refractivity contribution in [2.24, 2.45) is 5.73 Å². The zero-order valence-corrected chi connectivity index (χ0v) is 12.1. The average Bonchev–Trinajstić information content (AvgIpc) is 2.45. The van der Waals surface area contributed by atoms with E-state index in [4.69, 9.17) is 15.2 Å². The molecule has 5 heteroatoms. The lowest BCUT2D eigenvalue weighted by molar-refractivity contribution is -0.0464. The van der Waals surface area contributed by atoms with Gasteiger partial charge in [-0.1, -0.05) is 13.0 Å². The third-order valence-electron chi connectivity index (χ3n) is 3.57. The zero-order chi connectivity index (χ0) is 14.5. The molecule has 1 saturated heterocycles. The minimum Gasteiger partial charge on any atom is -0.491 e. The van der Waals surface area contributed by atoms with E-state index in [9.17, 15) is 4.39 Å². The molecule has 20 heavy (non-hydrogen) atoms. The normalized spacial score (nSPS) is 21.7. The van der Waals surface area contributed by atoms with Crippen LogP contribution in [0.15, 0.2) is 18.2 Å². The van der Waals surface area contributed by atoms with Crippen molar-refractivity contribution in [1.82, 2.24) is 4.90 Å². The topological polar surface area (TPSA) is 47.7 Å². The maximum absolute atomic E-state index is 13.8. The van der Waals surface area contributed by atoms with Crippen molar-refractivity contribution in [2.45, 2.75) is 26.0 Å². The molecule has 4 nitrogen and oxygen atoms in total. The van der Waals surface area contributed by atoms with Gasteiger partial charge in [0.1, 0.15) is 24.3 Å². The van der Waals surface area contributed by atoms with Gasteiger partial charge in [0.25, 0.3) is 0 Å². The molecule has 0 aliphatic carbocycles. The van der Waals surface area contributed by atoms with E-state index in [1.165, 1.54) is 6.07 Å². The van der Waals surface area contributed by atoms with Gasteiger partial charge in [-0.2, -0.15) is 0 Å². The fraction of sp³-hybridized carbons (Fsp3) is 0.600. The van der Waals surface area contributed by atoms with Crippen molar-refractivity contribution in [2.75, 3.05) is 32.8 Å². The summed E-state index contributed by atoms with van der Waals surface area (Å²) in [6.07, 6.45) is 0.0415. The molecule has 1 aromatic carbocycles. The first-order valence-electron chi connectivity index (χ1n) is 7.12. The lowest BCUT2D eigenvalue weighted by Gasteiger charge is -2.31. The summed E-state index contributed by atoms with van der Waals surface area (Å²) in [4.78, 5) is 2.32. The molecule has 1 heterocycles. The summed E-state index contributed by atoms with van der Waals surface area (Å²) in [6, 6.07) is 4.50. The zero-order valence-electron chi connectivity index (χ0n) is 12.1. The molecule has 2 rings (SSSR count). The molecule has 2 N–H and O–H groups in total. The molecular weight excluding hydrogens is 259 g/mol. The predicted molar refractivity (Wildman–Crippen MR) is 76.4 cm³/mol. The van der Waals surface area contributed by atoms with Crippen LogP contribution in [0.5, 0.6) is 5.75 Å². The summed E-state index contributed by atoms with van der Waals surface area (Å²) in [7, 11) is 0. The maximum atomic E-state index is 13.8. The highest BCUT2D eigenvalue weighted by Crippen LogP contribution is 2.21. The number of likely N-dealkylation sites (N-methyl/N-ethyl adjacent to an activating group) is 1. The van der Waals surface area contributed by atoms with E-state index < -0.39 is 0 Å². The number of halogens is 1. The molecule has 0 spiro atoms. The van der Waals surface area contributed by atoms with Gasteiger partial charge >= 0.3 is 0 Å². The summed E-state index contributed by atoms with van der Waals surface area (Å²) in [5, 5.41) is 0. The van der Waals surface area contributed by atoms with E-state index in [2.05, 4.69) is 11.8 Å². The van der Waals surface area contributed by atoms with Crippen LogP contribution < -0.4 is 10.5 Å². The molecule has 2 atom stereocenters. The molecule has 1 aliphatic rings. The minimum atomic E-state index is -0.322. The first kappa shape index (κ1) is 15.2. The van der Waals surface area contributed by atoms with Crippen molar-refractivity contribution in [3.63, 3.8) is 0 Å². The van der Waals surface area contributed by atoms with Crippen LogP contribution in [0.3, 0.4) is 0 Å². The summed E-state index contributed by atoms with van der Waals surface area (Å²) < 4.78 is 25.0. The highest BCUT2D eigenvalue weighted by Gasteiger charge is 2.20. The Bertz CT molecular complexity index is 440. The van der Waals surface area contributed by atoms with Gasteiger partial charge in [-0.05, 0) is 19.5 Å². The highest BCUT2D eigenvalue weighted by atomic mass is 19.1. The smallest absolute Gasteiger partial charge is 0.131 e. The summed E-state index contributed by atoms with van der Waals surface area (Å²) in [5.41, 5.74) is 6.18. The Morgan fingerprint density at radius 2 is 2.35 bits per heavy atom. The van der Waals surface area contributed by atoms with Gasteiger partial charge in [-0.25, -0.2) is 4.39 Å². The Labute approximate surface area is 119 Å². The van der Waals surface area contributed by atoms with E-state index in [1.54, 1.807) is 19.1 Å². The van der Waals surface area contributed by atoms with Gasteiger partial charge in [0.05, 0.1) is 6.61 Å². The number of nitrogens with two attached hydrogens (primary N) is 1. The maximum Gasteiger partial charge on any atom is 0.131 e. The third-order valence-corrected chi connectivity index (χ3v) is 3.57. The van der Waals surface area contributed by atoms with Gasteiger partial charge in [0.2, 0.25) is 0 Å². The number of nitrogens with zero attached hydrogens (tertiary/aromatic N) is 1. The molecule has 0 aromatic heterocycles. The molecule has 0 saturated carbocycles. The first-order chi connectivity index (χ1) is 9.60. The molecule has 0 radical (unpaired) electrons. The average molecular weight is 282 g/mol. The van der Waals surface area contributed by atoms with Gasteiger partial charge < -0.3 is 15.2 Å². The van der Waals surface area contributed by atoms with Crippen molar-refractivity contribution in [3.8, 4) is 5.75 Å². The molecule has 0 amide bonds. The summed E-state index contributed by atoms with van der Waals surface area (Å²) in [6.45, 7) is 7.88. The van der Waals surface area contributed by atoms with E-state index in [0.717, 1.165) is 26.2 Å². The Hall–Kier alpha value is -1.17. The van der Waals surface area contributed by atoms with Gasteiger partial charge in [0, 0.05) is 30.8 Å². The molecule has 112 valence electrons. The van der Waals surface area contributed by atoms with E-state index in [1.807, 2.05) is 0 Å². The first-order valence-corrected chi connectivity index (χ1v) is 7.12. The number of rotatable bonds is 5. The van der Waals surface area contributed by atoms with E-state index in [-0.39, 0.29) is 18.0 Å². The largest absolute Gasteiger partial charge is 0.491 e. The van der Waals surface area contributed by atoms with E-state index in [0.29, 0.717) is 17.9 Å². The number of hydrogen-bond donors (Lipinski definition) is 1. The van der Waals surface area contributed by atoms with Crippen molar-refractivity contribution in [3.05, 3.63) is 29.6 Å². The van der Waals surface area contributed by atoms with Crippen molar-refractivity contribution >= 4 is 0 Å². The Morgan fingerprint density at radius 1 is 1.55 bits per heavy atom. The van der Waals surface area contributed by atoms with Crippen LogP contribution in [0.25, 0.3) is 0 Å². The second-order valence-electron chi connectivity index (χ2n) is 5.17. The van der Waals surface area contributed by atoms with Crippen LogP contribution in [0, 0.1) is 5.82 Å². The van der Waals surface area contributed by atoms with Crippen LogP contribution in [-0.2, 0) is 4.74 Å². The Balaban J connectivity index is 1.89. The second kappa shape index (κ2) is 7.02. The predicted octanol–water partition coefficient (Wildman–Crippen LogP) is 1.94.